The quantitative estimate of drug-likeness (QED) is 0.623. The molecule has 1 N–H and O–H groups in total. The number of hydrazone groups is 1. The van der Waals surface area contributed by atoms with Gasteiger partial charge in [0.2, 0.25) is 0 Å². The van der Waals surface area contributed by atoms with Crippen LogP contribution in [-0.4, -0.2) is 12.1 Å². The molecule has 1 rings (SSSR count). The largest absolute Gasteiger partial charge is 0.271 e. The molecule has 80 valence electrons. The lowest BCUT2D eigenvalue weighted by Gasteiger charge is -2.00. The molecule has 0 saturated heterocycles. The molecule has 0 radical (unpaired) electrons. The number of rotatable bonds is 3. The fraction of sp³-hybridized carbons (Fsp3) is 0.273. The Hall–Kier alpha value is -1.35. The molecule has 0 heterocycles. The van der Waals surface area contributed by atoms with Gasteiger partial charge in [0.15, 0.2) is 0 Å². The van der Waals surface area contributed by atoms with Crippen molar-refractivity contribution in [2.75, 3.05) is 0 Å². The van der Waals surface area contributed by atoms with Crippen molar-refractivity contribution in [1.82, 2.24) is 5.43 Å². The van der Waals surface area contributed by atoms with Crippen molar-refractivity contribution in [3.63, 3.8) is 0 Å². The fourth-order valence-corrected chi connectivity index (χ4v) is 1.04. The molecule has 0 saturated carbocycles. The summed E-state index contributed by atoms with van der Waals surface area (Å²) >= 11 is 5.70. The van der Waals surface area contributed by atoms with Gasteiger partial charge in [0.05, 0.1) is 0 Å². The van der Waals surface area contributed by atoms with Gasteiger partial charge >= 0.3 is 0 Å². The van der Waals surface area contributed by atoms with Crippen LogP contribution >= 0.6 is 11.6 Å². The highest BCUT2D eigenvalue weighted by atomic mass is 35.5. The second-order valence-electron chi connectivity index (χ2n) is 3.47. The van der Waals surface area contributed by atoms with Gasteiger partial charge in [-0.1, -0.05) is 25.4 Å². The first-order chi connectivity index (χ1) is 7.09. The van der Waals surface area contributed by atoms with E-state index in [2.05, 4.69) is 10.5 Å². The first-order valence-electron chi connectivity index (χ1n) is 4.68. The highest BCUT2D eigenvalue weighted by Crippen LogP contribution is 2.09. The first-order valence-corrected chi connectivity index (χ1v) is 5.06. The van der Waals surface area contributed by atoms with E-state index < -0.39 is 0 Å². The van der Waals surface area contributed by atoms with Crippen molar-refractivity contribution in [3.05, 3.63) is 34.9 Å². The minimum absolute atomic E-state index is 0.233. The van der Waals surface area contributed by atoms with Crippen molar-refractivity contribution in [2.24, 2.45) is 11.0 Å². The molecular weight excluding hydrogens is 212 g/mol. The van der Waals surface area contributed by atoms with Crippen LogP contribution < -0.4 is 5.43 Å². The Labute approximate surface area is 94.1 Å². The van der Waals surface area contributed by atoms with E-state index in [4.69, 9.17) is 11.6 Å². The average Bonchev–Trinajstić information content (AvgIpc) is 2.18. The summed E-state index contributed by atoms with van der Waals surface area (Å²) in [7, 11) is 0. The molecular formula is C11H13ClN2O. The third kappa shape index (κ3) is 4.13. The molecule has 0 bridgehead atoms. The molecule has 4 heteroatoms. The van der Waals surface area contributed by atoms with Gasteiger partial charge in [-0.3, -0.25) is 4.79 Å². The van der Waals surface area contributed by atoms with E-state index in [0.717, 1.165) is 0 Å². The van der Waals surface area contributed by atoms with Crippen molar-refractivity contribution in [1.29, 1.82) is 0 Å². The van der Waals surface area contributed by atoms with E-state index in [-0.39, 0.29) is 5.91 Å². The summed E-state index contributed by atoms with van der Waals surface area (Å²) in [5, 5.41) is 4.42. The van der Waals surface area contributed by atoms with Crippen LogP contribution in [0.1, 0.15) is 24.2 Å². The van der Waals surface area contributed by atoms with Gasteiger partial charge in [-0.15, -0.1) is 0 Å². The van der Waals surface area contributed by atoms with E-state index in [1.54, 1.807) is 30.5 Å². The number of carbonyl (C=O) groups is 1. The number of hydrogen-bond acceptors (Lipinski definition) is 2. The topological polar surface area (TPSA) is 41.5 Å². The summed E-state index contributed by atoms with van der Waals surface area (Å²) in [4.78, 5) is 11.5. The summed E-state index contributed by atoms with van der Waals surface area (Å²) in [6.07, 6.45) is 1.67. The summed E-state index contributed by atoms with van der Waals surface area (Å²) in [5.74, 6) is 0.0825. The maximum atomic E-state index is 11.5. The zero-order valence-corrected chi connectivity index (χ0v) is 9.45. The highest BCUT2D eigenvalue weighted by molar-refractivity contribution is 6.30. The Morgan fingerprint density at radius 1 is 1.40 bits per heavy atom. The molecule has 0 aromatic heterocycles. The van der Waals surface area contributed by atoms with E-state index in [9.17, 15) is 4.79 Å². The van der Waals surface area contributed by atoms with Crippen LogP contribution in [0.5, 0.6) is 0 Å². The monoisotopic (exact) mass is 224 g/mol. The average molecular weight is 225 g/mol. The van der Waals surface area contributed by atoms with E-state index in [1.165, 1.54) is 0 Å². The Morgan fingerprint density at radius 3 is 2.53 bits per heavy atom. The third-order valence-corrected chi connectivity index (χ3v) is 1.90. The van der Waals surface area contributed by atoms with E-state index in [1.807, 2.05) is 13.8 Å². The predicted octanol–water partition coefficient (Wildman–Crippen LogP) is 2.71. The molecule has 1 amide bonds. The molecule has 0 aliphatic carbocycles. The highest BCUT2D eigenvalue weighted by Gasteiger charge is 2.02. The van der Waals surface area contributed by atoms with Gasteiger partial charge in [-0.05, 0) is 30.2 Å². The second-order valence-corrected chi connectivity index (χ2v) is 3.91. The number of halogens is 1. The predicted molar refractivity (Wildman–Crippen MR) is 62.2 cm³/mol. The van der Waals surface area contributed by atoms with Gasteiger partial charge in [0, 0.05) is 16.8 Å². The lowest BCUT2D eigenvalue weighted by molar-refractivity contribution is 0.0955. The van der Waals surface area contributed by atoms with Crippen LogP contribution in [0.4, 0.5) is 0 Å². The Balaban J connectivity index is 2.58. The zero-order valence-electron chi connectivity index (χ0n) is 8.70. The standard InChI is InChI=1S/C11H13ClN2O/c1-8(2)7-13-14-11(15)9-3-5-10(12)6-4-9/h3-8H,1-2H3,(H,14,15). The number of nitrogens with zero attached hydrogens (tertiary/aromatic N) is 1. The van der Waals surface area contributed by atoms with Gasteiger partial charge in [-0.2, -0.15) is 5.10 Å². The van der Waals surface area contributed by atoms with E-state index in [0.29, 0.717) is 16.5 Å². The summed E-state index contributed by atoms with van der Waals surface area (Å²) in [5.41, 5.74) is 2.98. The van der Waals surface area contributed by atoms with Crippen molar-refractivity contribution in [3.8, 4) is 0 Å². The number of benzene rings is 1. The van der Waals surface area contributed by atoms with Gasteiger partial charge < -0.3 is 0 Å². The zero-order chi connectivity index (χ0) is 11.3. The molecule has 1 aromatic rings. The minimum atomic E-state index is -0.233. The molecule has 0 aliphatic heterocycles. The normalized spacial score (nSPS) is 10.9. The van der Waals surface area contributed by atoms with Crippen LogP contribution in [0, 0.1) is 5.92 Å². The van der Waals surface area contributed by atoms with Crippen molar-refractivity contribution in [2.45, 2.75) is 13.8 Å². The lowest BCUT2D eigenvalue weighted by atomic mass is 10.2. The molecule has 3 nitrogen and oxygen atoms in total. The molecule has 0 unspecified atom stereocenters. The van der Waals surface area contributed by atoms with Crippen LogP contribution in [0.25, 0.3) is 0 Å². The van der Waals surface area contributed by atoms with Crippen molar-refractivity contribution < 1.29 is 4.79 Å². The van der Waals surface area contributed by atoms with Gasteiger partial charge in [0.1, 0.15) is 0 Å². The molecule has 0 fully saturated rings. The minimum Gasteiger partial charge on any atom is -0.267 e. The molecule has 0 aliphatic rings. The van der Waals surface area contributed by atoms with Crippen LogP contribution in [0.3, 0.4) is 0 Å². The summed E-state index contributed by atoms with van der Waals surface area (Å²) in [6.45, 7) is 3.97. The number of nitrogens with one attached hydrogen (secondary N) is 1. The van der Waals surface area contributed by atoms with Crippen LogP contribution in [0.15, 0.2) is 29.4 Å². The van der Waals surface area contributed by atoms with Crippen LogP contribution in [0.2, 0.25) is 5.02 Å². The van der Waals surface area contributed by atoms with E-state index >= 15 is 0 Å². The SMILES string of the molecule is CC(C)C=NNC(=O)c1ccc(Cl)cc1. The van der Waals surface area contributed by atoms with Crippen LogP contribution in [-0.2, 0) is 0 Å². The molecule has 0 atom stereocenters. The first kappa shape index (κ1) is 11.7. The Kier molecular flexibility index (Phi) is 4.31. The Morgan fingerprint density at radius 2 is 2.00 bits per heavy atom. The van der Waals surface area contributed by atoms with Gasteiger partial charge in [-0.25, -0.2) is 5.43 Å². The number of carbonyl (C=O) groups excluding carboxylic acids is 1. The second kappa shape index (κ2) is 5.51. The smallest absolute Gasteiger partial charge is 0.267 e. The lowest BCUT2D eigenvalue weighted by Crippen LogP contribution is -2.17. The maximum Gasteiger partial charge on any atom is 0.271 e. The fourth-order valence-electron chi connectivity index (χ4n) is 0.911. The molecule has 15 heavy (non-hydrogen) atoms. The molecule has 1 aromatic carbocycles. The number of hydrogen-bond donors (Lipinski definition) is 1. The Bertz CT molecular complexity index is 357. The third-order valence-electron chi connectivity index (χ3n) is 1.65. The number of amides is 1. The van der Waals surface area contributed by atoms with Crippen molar-refractivity contribution >= 4 is 23.7 Å². The molecule has 0 spiro atoms. The maximum absolute atomic E-state index is 11.5. The summed E-state index contributed by atoms with van der Waals surface area (Å²) < 4.78 is 0. The summed E-state index contributed by atoms with van der Waals surface area (Å²) in [6, 6.07) is 6.65. The van der Waals surface area contributed by atoms with Gasteiger partial charge in [0.25, 0.3) is 5.91 Å².